The first-order valence-corrected chi connectivity index (χ1v) is 6.12. The molecule has 4 heteroatoms. The summed E-state index contributed by atoms with van der Waals surface area (Å²) in [6, 6.07) is 7.32. The molecule has 1 N–H and O–H groups in total. The van der Waals surface area contributed by atoms with Crippen molar-refractivity contribution in [3.8, 4) is 5.75 Å². The van der Waals surface area contributed by atoms with E-state index in [0.29, 0.717) is 0 Å². The summed E-state index contributed by atoms with van der Waals surface area (Å²) < 4.78 is 18.5. The molecule has 1 aromatic heterocycles. The number of aromatic nitrogens is 1. The van der Waals surface area contributed by atoms with Gasteiger partial charge in [0.25, 0.3) is 0 Å². The van der Waals surface area contributed by atoms with E-state index >= 15 is 0 Å². The number of pyridine rings is 1. The molecule has 0 aliphatic carbocycles. The third-order valence-corrected chi connectivity index (χ3v) is 2.95. The third kappa shape index (κ3) is 3.22. The van der Waals surface area contributed by atoms with Gasteiger partial charge in [0.05, 0.1) is 25.0 Å². The SMILES string of the molecule is COc1ccc(C)cc1NC(C)c1cncc(F)c1. The highest BCUT2D eigenvalue weighted by molar-refractivity contribution is 5.59. The molecule has 0 fully saturated rings. The van der Waals surface area contributed by atoms with Gasteiger partial charge in [0, 0.05) is 6.20 Å². The lowest BCUT2D eigenvalue weighted by molar-refractivity contribution is 0.416. The van der Waals surface area contributed by atoms with Crippen molar-refractivity contribution in [3.05, 3.63) is 53.6 Å². The fourth-order valence-corrected chi connectivity index (χ4v) is 1.92. The Balaban J connectivity index is 2.23. The van der Waals surface area contributed by atoms with Crippen LogP contribution in [0.4, 0.5) is 10.1 Å². The van der Waals surface area contributed by atoms with Gasteiger partial charge in [-0.25, -0.2) is 4.39 Å². The number of benzene rings is 1. The molecule has 0 saturated heterocycles. The van der Waals surface area contributed by atoms with Crippen LogP contribution >= 0.6 is 0 Å². The van der Waals surface area contributed by atoms with Crippen LogP contribution in [0, 0.1) is 12.7 Å². The topological polar surface area (TPSA) is 34.1 Å². The average Bonchev–Trinajstić information content (AvgIpc) is 2.39. The molecule has 1 atom stereocenters. The summed E-state index contributed by atoms with van der Waals surface area (Å²) >= 11 is 0. The van der Waals surface area contributed by atoms with Crippen LogP contribution in [0.1, 0.15) is 24.1 Å². The minimum absolute atomic E-state index is 0.0566. The largest absolute Gasteiger partial charge is 0.495 e. The molecule has 3 nitrogen and oxygen atoms in total. The van der Waals surface area contributed by atoms with Crippen LogP contribution in [-0.2, 0) is 0 Å². The van der Waals surface area contributed by atoms with Gasteiger partial charge in [-0.15, -0.1) is 0 Å². The predicted octanol–water partition coefficient (Wildman–Crippen LogP) is 3.71. The number of anilines is 1. The molecular weight excluding hydrogens is 243 g/mol. The lowest BCUT2D eigenvalue weighted by Crippen LogP contribution is -2.08. The molecule has 0 saturated carbocycles. The molecule has 2 aromatic rings. The van der Waals surface area contributed by atoms with Gasteiger partial charge < -0.3 is 10.1 Å². The number of methoxy groups -OCH3 is 1. The fourth-order valence-electron chi connectivity index (χ4n) is 1.92. The zero-order valence-corrected chi connectivity index (χ0v) is 11.3. The molecule has 100 valence electrons. The highest BCUT2D eigenvalue weighted by Gasteiger charge is 2.10. The second-order valence-corrected chi connectivity index (χ2v) is 4.51. The van der Waals surface area contributed by atoms with Crippen molar-refractivity contribution in [3.63, 3.8) is 0 Å². The first kappa shape index (κ1) is 13.3. The van der Waals surface area contributed by atoms with Crippen LogP contribution < -0.4 is 10.1 Å². The van der Waals surface area contributed by atoms with E-state index in [2.05, 4.69) is 10.3 Å². The van der Waals surface area contributed by atoms with Crippen LogP contribution in [0.3, 0.4) is 0 Å². The highest BCUT2D eigenvalue weighted by atomic mass is 19.1. The molecule has 0 spiro atoms. The van der Waals surface area contributed by atoms with E-state index in [-0.39, 0.29) is 11.9 Å². The Morgan fingerprint density at radius 1 is 1.26 bits per heavy atom. The minimum atomic E-state index is -0.331. The maximum Gasteiger partial charge on any atom is 0.141 e. The van der Waals surface area contributed by atoms with Gasteiger partial charge in [-0.2, -0.15) is 0 Å². The quantitative estimate of drug-likeness (QED) is 0.910. The number of hydrogen-bond acceptors (Lipinski definition) is 3. The molecule has 0 bridgehead atoms. The third-order valence-electron chi connectivity index (χ3n) is 2.95. The van der Waals surface area contributed by atoms with Gasteiger partial charge in [0.15, 0.2) is 0 Å². The van der Waals surface area contributed by atoms with E-state index in [4.69, 9.17) is 4.74 Å². The highest BCUT2D eigenvalue weighted by Crippen LogP contribution is 2.29. The number of nitrogens with one attached hydrogen (secondary N) is 1. The second kappa shape index (κ2) is 5.69. The second-order valence-electron chi connectivity index (χ2n) is 4.51. The van der Waals surface area contributed by atoms with E-state index < -0.39 is 0 Å². The molecule has 0 aliphatic heterocycles. The lowest BCUT2D eigenvalue weighted by atomic mass is 10.1. The van der Waals surface area contributed by atoms with Crippen molar-refractivity contribution >= 4 is 5.69 Å². The van der Waals surface area contributed by atoms with Gasteiger partial charge in [-0.3, -0.25) is 4.98 Å². The van der Waals surface area contributed by atoms with Gasteiger partial charge in [-0.1, -0.05) is 6.07 Å². The number of rotatable bonds is 4. The van der Waals surface area contributed by atoms with E-state index in [1.807, 2.05) is 32.0 Å². The summed E-state index contributed by atoms with van der Waals surface area (Å²) in [5, 5.41) is 3.31. The molecule has 0 amide bonds. The number of ether oxygens (including phenoxy) is 1. The van der Waals surface area contributed by atoms with E-state index in [9.17, 15) is 4.39 Å². The van der Waals surface area contributed by atoms with Crippen molar-refractivity contribution in [2.24, 2.45) is 0 Å². The number of halogens is 1. The van der Waals surface area contributed by atoms with Gasteiger partial charge in [-0.05, 0) is 43.2 Å². The number of nitrogens with zero attached hydrogens (tertiary/aromatic N) is 1. The van der Waals surface area contributed by atoms with E-state index in [1.165, 1.54) is 12.3 Å². The smallest absolute Gasteiger partial charge is 0.141 e. The molecule has 2 rings (SSSR count). The Kier molecular flexibility index (Phi) is 4.00. The monoisotopic (exact) mass is 260 g/mol. The summed E-state index contributed by atoms with van der Waals surface area (Å²) in [5.41, 5.74) is 2.82. The maximum absolute atomic E-state index is 13.2. The van der Waals surface area contributed by atoms with Crippen molar-refractivity contribution in [2.75, 3.05) is 12.4 Å². The summed E-state index contributed by atoms with van der Waals surface area (Å²) in [6.45, 7) is 3.97. The van der Waals surface area contributed by atoms with Crippen LogP contribution in [0.5, 0.6) is 5.75 Å². The first-order valence-electron chi connectivity index (χ1n) is 6.12. The zero-order valence-electron chi connectivity index (χ0n) is 11.3. The molecule has 1 aromatic carbocycles. The van der Waals surface area contributed by atoms with Crippen LogP contribution in [-0.4, -0.2) is 12.1 Å². The molecule has 1 unspecified atom stereocenters. The van der Waals surface area contributed by atoms with Crippen LogP contribution in [0.2, 0.25) is 0 Å². The normalized spacial score (nSPS) is 12.0. The summed E-state index contributed by atoms with van der Waals surface area (Å²) in [5.74, 6) is 0.434. The van der Waals surface area contributed by atoms with Crippen LogP contribution in [0.15, 0.2) is 36.7 Å². The van der Waals surface area contributed by atoms with Crippen molar-refractivity contribution in [1.82, 2.24) is 4.98 Å². The summed E-state index contributed by atoms with van der Waals surface area (Å²) in [4.78, 5) is 3.86. The minimum Gasteiger partial charge on any atom is -0.495 e. The Labute approximate surface area is 112 Å². The average molecular weight is 260 g/mol. The van der Waals surface area contributed by atoms with Crippen molar-refractivity contribution in [2.45, 2.75) is 19.9 Å². The Morgan fingerprint density at radius 3 is 2.74 bits per heavy atom. The van der Waals surface area contributed by atoms with Crippen LogP contribution in [0.25, 0.3) is 0 Å². The van der Waals surface area contributed by atoms with Crippen molar-refractivity contribution in [1.29, 1.82) is 0 Å². The lowest BCUT2D eigenvalue weighted by Gasteiger charge is -2.18. The standard InChI is InChI=1S/C15H17FN2O/c1-10-4-5-15(19-3)14(6-10)18-11(2)12-7-13(16)9-17-8-12/h4-9,11,18H,1-3H3. The first-order chi connectivity index (χ1) is 9.10. The van der Waals surface area contributed by atoms with E-state index in [0.717, 1.165) is 22.6 Å². The summed E-state index contributed by atoms with van der Waals surface area (Å²) in [7, 11) is 1.63. The zero-order chi connectivity index (χ0) is 13.8. The Hall–Kier alpha value is -2.10. The molecular formula is C15H17FN2O. The van der Waals surface area contributed by atoms with Gasteiger partial charge in [0.1, 0.15) is 11.6 Å². The van der Waals surface area contributed by atoms with Crippen molar-refractivity contribution < 1.29 is 9.13 Å². The molecule has 19 heavy (non-hydrogen) atoms. The molecule has 0 radical (unpaired) electrons. The van der Waals surface area contributed by atoms with Gasteiger partial charge >= 0.3 is 0 Å². The number of hydrogen-bond donors (Lipinski definition) is 1. The Bertz CT molecular complexity index is 572. The van der Waals surface area contributed by atoms with E-state index in [1.54, 1.807) is 13.3 Å². The number of aryl methyl sites for hydroxylation is 1. The Morgan fingerprint density at radius 2 is 2.05 bits per heavy atom. The maximum atomic E-state index is 13.2. The predicted molar refractivity (Wildman–Crippen MR) is 74.0 cm³/mol. The fraction of sp³-hybridized carbons (Fsp3) is 0.267. The van der Waals surface area contributed by atoms with Gasteiger partial charge in [0.2, 0.25) is 0 Å². The molecule has 0 aliphatic rings. The summed E-state index contributed by atoms with van der Waals surface area (Å²) in [6.07, 6.45) is 2.85. The molecule has 1 heterocycles.